The summed E-state index contributed by atoms with van der Waals surface area (Å²) in [5.41, 5.74) is 34.8. The molecule has 18 heteroatoms. The van der Waals surface area contributed by atoms with Crippen molar-refractivity contribution in [1.29, 1.82) is 0 Å². The van der Waals surface area contributed by atoms with E-state index in [1.807, 2.05) is 0 Å². The number of aliphatic hydroxyl groups is 5. The monoisotopic (exact) mass is 594 g/mol. The van der Waals surface area contributed by atoms with Crippen LogP contribution in [0.3, 0.4) is 0 Å². The maximum Gasteiger partial charge on any atom is 0.249 e. The minimum atomic E-state index is -1.57. The standard InChI is InChI=1S/C23H46N8O10/c24-4-3-12(33)20(37)31-11-5-10(26)18(40-21-9(25)2-1-8(38-21)6-30-23(28)29)17(36)19(11)41-22-16(35)14(27)15(34)13(7-32)39-22/h8-19,21-22,32-36H,1-7,24-27H2,(H,31,37)(H4,28,29,30)/t8?,9?,10-,11+,12-,13?,14-,15-,16?,17?,18?,19+,21-,22-/m0/s1. The number of hydrogen-bond donors (Lipinski definition) is 12. The van der Waals surface area contributed by atoms with Crippen LogP contribution in [0.5, 0.6) is 0 Å². The van der Waals surface area contributed by atoms with E-state index in [1.54, 1.807) is 0 Å². The van der Waals surface area contributed by atoms with Gasteiger partial charge >= 0.3 is 0 Å². The van der Waals surface area contributed by atoms with Crippen LogP contribution in [-0.2, 0) is 23.7 Å². The lowest BCUT2D eigenvalue weighted by Gasteiger charge is -2.48. The highest BCUT2D eigenvalue weighted by Crippen LogP contribution is 2.31. The molecule has 2 aliphatic heterocycles. The van der Waals surface area contributed by atoms with Crippen LogP contribution in [-0.4, -0.2) is 143 Å². The first-order valence-corrected chi connectivity index (χ1v) is 13.6. The molecular weight excluding hydrogens is 548 g/mol. The van der Waals surface area contributed by atoms with Gasteiger partial charge in [0.25, 0.3) is 0 Å². The van der Waals surface area contributed by atoms with Crippen LogP contribution < -0.4 is 39.7 Å². The maximum absolute atomic E-state index is 12.6. The molecule has 2 saturated heterocycles. The van der Waals surface area contributed by atoms with Crippen LogP contribution >= 0.6 is 0 Å². The van der Waals surface area contributed by atoms with Crippen molar-refractivity contribution in [2.45, 2.75) is 111 Å². The maximum atomic E-state index is 12.6. The van der Waals surface area contributed by atoms with Gasteiger partial charge in [-0.15, -0.1) is 0 Å². The lowest BCUT2D eigenvalue weighted by atomic mass is 9.83. The average molecular weight is 595 g/mol. The molecule has 1 amide bonds. The van der Waals surface area contributed by atoms with Crippen molar-refractivity contribution in [2.75, 3.05) is 19.7 Å². The number of carbonyl (C=O) groups excluding carboxylic acids is 1. The number of hydrogen-bond acceptors (Lipinski definition) is 15. The van der Waals surface area contributed by atoms with E-state index in [2.05, 4.69) is 10.3 Å². The van der Waals surface area contributed by atoms with Crippen molar-refractivity contribution in [2.24, 2.45) is 39.4 Å². The van der Waals surface area contributed by atoms with Crippen LogP contribution in [0, 0.1) is 0 Å². The Bertz CT molecular complexity index is 870. The fraction of sp³-hybridized carbons (Fsp3) is 0.913. The van der Waals surface area contributed by atoms with Gasteiger partial charge in [-0.3, -0.25) is 9.79 Å². The Kier molecular flexibility index (Phi) is 12.4. The Morgan fingerprint density at radius 1 is 0.976 bits per heavy atom. The summed E-state index contributed by atoms with van der Waals surface area (Å²) in [6.45, 7) is -0.406. The van der Waals surface area contributed by atoms with Crippen LogP contribution in [0.1, 0.15) is 25.7 Å². The number of aliphatic hydroxyl groups excluding tert-OH is 5. The number of nitrogens with zero attached hydrogens (tertiary/aromatic N) is 1. The number of carbonyl (C=O) groups is 1. The number of nitrogens with one attached hydrogen (secondary N) is 1. The molecular formula is C23H46N8O10. The predicted octanol–water partition coefficient (Wildman–Crippen LogP) is -7.08. The Morgan fingerprint density at radius 2 is 1.66 bits per heavy atom. The van der Waals surface area contributed by atoms with Gasteiger partial charge in [-0.2, -0.15) is 0 Å². The largest absolute Gasteiger partial charge is 0.394 e. The van der Waals surface area contributed by atoms with Gasteiger partial charge in [0.05, 0.1) is 37.4 Å². The molecule has 18 nitrogen and oxygen atoms in total. The van der Waals surface area contributed by atoms with Gasteiger partial charge in [0, 0.05) is 6.04 Å². The molecule has 0 aromatic rings. The number of nitrogens with two attached hydrogens (primary N) is 6. The van der Waals surface area contributed by atoms with E-state index in [0.29, 0.717) is 12.8 Å². The second kappa shape index (κ2) is 15.1. The van der Waals surface area contributed by atoms with Crippen molar-refractivity contribution in [3.8, 4) is 0 Å². The Labute approximate surface area is 237 Å². The third-order valence-electron chi connectivity index (χ3n) is 7.58. The first kappa shape index (κ1) is 33.7. The highest BCUT2D eigenvalue weighted by atomic mass is 16.7. The van der Waals surface area contributed by atoms with Gasteiger partial charge in [-0.1, -0.05) is 0 Å². The average Bonchev–Trinajstić information content (AvgIpc) is 2.93. The van der Waals surface area contributed by atoms with Crippen LogP contribution in [0.2, 0.25) is 0 Å². The summed E-state index contributed by atoms with van der Waals surface area (Å²) in [6, 6.07) is -3.69. The van der Waals surface area contributed by atoms with E-state index < -0.39 is 98.1 Å². The summed E-state index contributed by atoms with van der Waals surface area (Å²) < 4.78 is 23.5. The Balaban J connectivity index is 1.81. The molecule has 1 aliphatic carbocycles. The van der Waals surface area contributed by atoms with Crippen molar-refractivity contribution in [1.82, 2.24) is 5.32 Å². The van der Waals surface area contributed by atoms with Gasteiger partial charge in [0.1, 0.15) is 42.7 Å². The molecule has 0 aromatic carbocycles. The summed E-state index contributed by atoms with van der Waals surface area (Å²) in [5, 5.41) is 54.6. The molecule has 3 fully saturated rings. The number of rotatable bonds is 11. The molecule has 0 aromatic heterocycles. The number of guanidine groups is 1. The lowest BCUT2D eigenvalue weighted by molar-refractivity contribution is -0.314. The lowest BCUT2D eigenvalue weighted by Crippen LogP contribution is -2.69. The van der Waals surface area contributed by atoms with E-state index in [9.17, 15) is 30.3 Å². The zero-order chi connectivity index (χ0) is 30.4. The molecule has 238 valence electrons. The quantitative estimate of drug-likeness (QED) is 0.0780. The number of amides is 1. The molecule has 14 atom stereocenters. The first-order valence-electron chi connectivity index (χ1n) is 13.6. The summed E-state index contributed by atoms with van der Waals surface area (Å²) in [5.74, 6) is -0.878. The minimum Gasteiger partial charge on any atom is -0.394 e. The third kappa shape index (κ3) is 8.41. The van der Waals surface area contributed by atoms with Crippen molar-refractivity contribution in [3.63, 3.8) is 0 Å². The number of ether oxygens (including phenoxy) is 4. The summed E-state index contributed by atoms with van der Waals surface area (Å²) in [4.78, 5) is 16.6. The molecule has 3 aliphatic rings. The van der Waals surface area contributed by atoms with Gasteiger partial charge < -0.3 is 84.2 Å². The summed E-state index contributed by atoms with van der Waals surface area (Å²) in [7, 11) is 0. The molecule has 0 bridgehead atoms. The SMILES string of the molecule is NCC[C@H](O)C(=O)N[C@@H]1C[C@H](N)C(O[C@@H]2OC(CN=C(N)N)CCC2N)C(O)[C@@H]1O[C@@H]1OC(CO)[C@H](O)[C@H](N)C1O. The fourth-order valence-electron chi connectivity index (χ4n) is 5.19. The van der Waals surface area contributed by atoms with Gasteiger partial charge in [0.2, 0.25) is 5.91 Å². The third-order valence-corrected chi connectivity index (χ3v) is 7.58. The second-order valence-corrected chi connectivity index (χ2v) is 10.7. The van der Waals surface area contributed by atoms with Gasteiger partial charge in [-0.05, 0) is 32.2 Å². The minimum absolute atomic E-state index is 0.00616. The van der Waals surface area contributed by atoms with Gasteiger partial charge in [0.15, 0.2) is 18.5 Å². The van der Waals surface area contributed by atoms with E-state index in [0.717, 1.165) is 0 Å². The molecule has 41 heavy (non-hydrogen) atoms. The van der Waals surface area contributed by atoms with Crippen LogP contribution in [0.4, 0.5) is 0 Å². The molecule has 1 saturated carbocycles. The van der Waals surface area contributed by atoms with Crippen LogP contribution in [0.15, 0.2) is 4.99 Å². The molecule has 2 heterocycles. The fourth-order valence-corrected chi connectivity index (χ4v) is 5.19. The highest BCUT2D eigenvalue weighted by molar-refractivity contribution is 5.80. The van der Waals surface area contributed by atoms with Crippen molar-refractivity contribution < 1.29 is 49.3 Å². The predicted molar refractivity (Wildman–Crippen MR) is 142 cm³/mol. The first-order chi connectivity index (χ1) is 19.4. The topological polar surface area (TPSA) is 336 Å². The van der Waals surface area contributed by atoms with E-state index in [4.69, 9.17) is 53.3 Å². The van der Waals surface area contributed by atoms with E-state index >= 15 is 0 Å². The molecule has 0 radical (unpaired) electrons. The zero-order valence-corrected chi connectivity index (χ0v) is 22.7. The molecule has 18 N–H and O–H groups in total. The van der Waals surface area contributed by atoms with Crippen molar-refractivity contribution >= 4 is 11.9 Å². The molecule has 0 spiro atoms. The normalized spacial score (nSPS) is 42.3. The Hall–Kier alpha value is -1.78. The smallest absolute Gasteiger partial charge is 0.249 e. The summed E-state index contributed by atoms with van der Waals surface area (Å²) >= 11 is 0. The van der Waals surface area contributed by atoms with E-state index in [-0.39, 0.29) is 31.9 Å². The van der Waals surface area contributed by atoms with E-state index in [1.165, 1.54) is 0 Å². The number of aliphatic imine (C=N–C) groups is 1. The van der Waals surface area contributed by atoms with Crippen LogP contribution in [0.25, 0.3) is 0 Å². The molecule has 6 unspecified atom stereocenters. The molecule has 3 rings (SSSR count). The second-order valence-electron chi connectivity index (χ2n) is 10.7. The zero-order valence-electron chi connectivity index (χ0n) is 22.7. The summed E-state index contributed by atoms with van der Waals surface area (Å²) in [6.07, 6.45) is -11.5. The highest BCUT2D eigenvalue weighted by Gasteiger charge is 2.51. The Morgan fingerprint density at radius 3 is 2.29 bits per heavy atom. The van der Waals surface area contributed by atoms with Crippen molar-refractivity contribution in [3.05, 3.63) is 0 Å². The van der Waals surface area contributed by atoms with Gasteiger partial charge in [-0.25, -0.2) is 0 Å².